The van der Waals surface area contributed by atoms with Gasteiger partial charge in [-0.05, 0) is 63.7 Å². The molecule has 0 radical (unpaired) electrons. The van der Waals surface area contributed by atoms with E-state index in [-0.39, 0.29) is 0 Å². The van der Waals surface area contributed by atoms with Crippen LogP contribution in [-0.4, -0.2) is 35.6 Å². The van der Waals surface area contributed by atoms with Crippen molar-refractivity contribution in [3.05, 3.63) is 30.1 Å². The third-order valence-electron chi connectivity index (χ3n) is 4.49. The second-order valence-electron chi connectivity index (χ2n) is 6.17. The molecule has 1 aliphatic rings. The maximum Gasteiger partial charge on any atom is 0.0315 e. The molecule has 20 heavy (non-hydrogen) atoms. The smallest absolute Gasteiger partial charge is 0.0315 e. The second-order valence-corrected chi connectivity index (χ2v) is 6.17. The number of piperidine rings is 1. The van der Waals surface area contributed by atoms with Crippen molar-refractivity contribution >= 4 is 0 Å². The van der Waals surface area contributed by atoms with Crippen LogP contribution >= 0.6 is 0 Å². The van der Waals surface area contributed by atoms with Gasteiger partial charge in [0.05, 0.1) is 0 Å². The predicted octanol–water partition coefficient (Wildman–Crippen LogP) is 3.24. The molecular formula is C17H29N3. The van der Waals surface area contributed by atoms with Crippen LogP contribution < -0.4 is 5.32 Å². The van der Waals surface area contributed by atoms with Crippen molar-refractivity contribution in [3.63, 3.8) is 0 Å². The Morgan fingerprint density at radius 2 is 2.30 bits per heavy atom. The van der Waals surface area contributed by atoms with E-state index in [2.05, 4.69) is 42.0 Å². The molecule has 0 aromatic carbocycles. The summed E-state index contributed by atoms with van der Waals surface area (Å²) in [5, 5.41) is 3.76. The number of pyridine rings is 1. The number of hydrogen-bond donors (Lipinski definition) is 1. The highest BCUT2D eigenvalue weighted by Crippen LogP contribution is 2.22. The summed E-state index contributed by atoms with van der Waals surface area (Å²) in [5.41, 5.74) is 1.28. The summed E-state index contributed by atoms with van der Waals surface area (Å²) in [6.07, 6.45) is 7.77. The number of aromatic nitrogens is 1. The molecule has 0 spiro atoms. The highest BCUT2D eigenvalue weighted by Gasteiger charge is 2.25. The average Bonchev–Trinajstić information content (AvgIpc) is 2.48. The molecule has 1 aliphatic heterocycles. The molecule has 2 unspecified atom stereocenters. The van der Waals surface area contributed by atoms with E-state index in [1.807, 2.05) is 18.5 Å². The lowest BCUT2D eigenvalue weighted by molar-refractivity contribution is 0.147. The maximum absolute atomic E-state index is 4.21. The zero-order chi connectivity index (χ0) is 14.4. The molecule has 3 heteroatoms. The second kappa shape index (κ2) is 7.75. The summed E-state index contributed by atoms with van der Waals surface area (Å²) < 4.78 is 0. The lowest BCUT2D eigenvalue weighted by Crippen LogP contribution is -2.45. The van der Waals surface area contributed by atoms with Gasteiger partial charge >= 0.3 is 0 Å². The summed E-state index contributed by atoms with van der Waals surface area (Å²) in [7, 11) is 0. The van der Waals surface area contributed by atoms with E-state index in [1.165, 1.54) is 44.5 Å². The van der Waals surface area contributed by atoms with E-state index in [0.29, 0.717) is 12.1 Å². The van der Waals surface area contributed by atoms with Gasteiger partial charge in [-0.15, -0.1) is 0 Å². The molecule has 112 valence electrons. The summed E-state index contributed by atoms with van der Waals surface area (Å²) >= 11 is 0. The zero-order valence-corrected chi connectivity index (χ0v) is 13.2. The van der Waals surface area contributed by atoms with Crippen LogP contribution in [0.2, 0.25) is 0 Å². The Labute approximate surface area is 123 Å². The largest absolute Gasteiger partial charge is 0.307 e. The van der Waals surface area contributed by atoms with Crippen molar-refractivity contribution < 1.29 is 0 Å². The maximum atomic E-state index is 4.21. The van der Waals surface area contributed by atoms with Crippen molar-refractivity contribution in [1.82, 2.24) is 15.2 Å². The highest BCUT2D eigenvalue weighted by molar-refractivity contribution is 5.13. The quantitative estimate of drug-likeness (QED) is 0.864. The normalized spacial score (nSPS) is 23.4. The predicted molar refractivity (Wildman–Crippen MR) is 84.7 cm³/mol. The van der Waals surface area contributed by atoms with Crippen LogP contribution in [0.3, 0.4) is 0 Å². The first-order valence-electron chi connectivity index (χ1n) is 8.09. The Kier molecular flexibility index (Phi) is 5.99. The molecule has 0 saturated carbocycles. The molecule has 1 saturated heterocycles. The number of hydrogen-bond acceptors (Lipinski definition) is 3. The number of nitrogens with one attached hydrogen (secondary N) is 1. The van der Waals surface area contributed by atoms with Gasteiger partial charge < -0.3 is 10.2 Å². The van der Waals surface area contributed by atoms with Gasteiger partial charge in [-0.3, -0.25) is 4.98 Å². The van der Waals surface area contributed by atoms with Gasteiger partial charge in [0, 0.05) is 31.0 Å². The van der Waals surface area contributed by atoms with Gasteiger partial charge in [0.25, 0.3) is 0 Å². The van der Waals surface area contributed by atoms with Crippen molar-refractivity contribution in [2.24, 2.45) is 5.92 Å². The summed E-state index contributed by atoms with van der Waals surface area (Å²) in [6.45, 7) is 10.6. The molecule has 0 amide bonds. The van der Waals surface area contributed by atoms with E-state index < -0.39 is 0 Å². The number of rotatable bonds is 6. The Bertz CT molecular complexity index is 377. The minimum absolute atomic E-state index is 0.375. The van der Waals surface area contributed by atoms with E-state index in [9.17, 15) is 0 Å². The van der Waals surface area contributed by atoms with Crippen molar-refractivity contribution in [2.75, 3.05) is 19.6 Å². The van der Waals surface area contributed by atoms with Crippen molar-refractivity contribution in [3.8, 4) is 0 Å². The summed E-state index contributed by atoms with van der Waals surface area (Å²) in [4.78, 5) is 6.84. The zero-order valence-electron chi connectivity index (χ0n) is 13.2. The van der Waals surface area contributed by atoms with Crippen molar-refractivity contribution in [1.29, 1.82) is 0 Å². The number of likely N-dealkylation sites (tertiary alicyclic amines) is 1. The molecule has 0 aliphatic carbocycles. The summed E-state index contributed by atoms with van der Waals surface area (Å²) in [5.74, 6) is 0.773. The lowest BCUT2D eigenvalue weighted by atomic mass is 9.90. The fraction of sp³-hybridized carbons (Fsp3) is 0.706. The van der Waals surface area contributed by atoms with Crippen molar-refractivity contribution in [2.45, 2.75) is 52.1 Å². The third kappa shape index (κ3) is 4.29. The van der Waals surface area contributed by atoms with Gasteiger partial charge in [0.2, 0.25) is 0 Å². The van der Waals surface area contributed by atoms with E-state index >= 15 is 0 Å². The topological polar surface area (TPSA) is 28.2 Å². The molecule has 1 aromatic rings. The van der Waals surface area contributed by atoms with Crippen LogP contribution in [0.5, 0.6) is 0 Å². The van der Waals surface area contributed by atoms with Crippen LogP contribution in [-0.2, 0) is 0 Å². The van der Waals surface area contributed by atoms with Gasteiger partial charge in [-0.25, -0.2) is 0 Å². The van der Waals surface area contributed by atoms with E-state index in [4.69, 9.17) is 0 Å². The summed E-state index contributed by atoms with van der Waals surface area (Å²) in [6, 6.07) is 5.11. The highest BCUT2D eigenvalue weighted by atomic mass is 15.1. The molecule has 3 nitrogen and oxygen atoms in total. The fourth-order valence-corrected chi connectivity index (χ4v) is 3.28. The third-order valence-corrected chi connectivity index (χ3v) is 4.49. The average molecular weight is 275 g/mol. The Morgan fingerprint density at radius 1 is 1.45 bits per heavy atom. The van der Waals surface area contributed by atoms with Gasteiger partial charge in [-0.2, -0.15) is 0 Å². The first kappa shape index (κ1) is 15.5. The van der Waals surface area contributed by atoms with Crippen LogP contribution in [0.4, 0.5) is 0 Å². The van der Waals surface area contributed by atoms with Gasteiger partial charge in [-0.1, -0.05) is 13.0 Å². The van der Waals surface area contributed by atoms with Crippen LogP contribution in [0.25, 0.3) is 0 Å². The first-order chi connectivity index (χ1) is 9.70. The Balaban J connectivity index is 1.86. The van der Waals surface area contributed by atoms with Gasteiger partial charge in [0.15, 0.2) is 0 Å². The SMILES string of the molecule is CCCN1CCCC(C(C)N[C@@H](C)c2cccnc2)C1. The lowest BCUT2D eigenvalue weighted by Gasteiger charge is -2.37. The molecule has 3 atom stereocenters. The van der Waals surface area contributed by atoms with Crippen LogP contribution in [0.1, 0.15) is 51.6 Å². The minimum Gasteiger partial charge on any atom is -0.307 e. The molecular weight excluding hydrogens is 246 g/mol. The van der Waals surface area contributed by atoms with Crippen LogP contribution in [0, 0.1) is 5.92 Å². The molecule has 0 bridgehead atoms. The van der Waals surface area contributed by atoms with E-state index in [1.54, 1.807) is 0 Å². The van der Waals surface area contributed by atoms with Gasteiger partial charge in [0.1, 0.15) is 0 Å². The number of nitrogens with zero attached hydrogens (tertiary/aromatic N) is 2. The Morgan fingerprint density at radius 3 is 3.00 bits per heavy atom. The molecule has 1 N–H and O–H groups in total. The molecule has 1 fully saturated rings. The fourth-order valence-electron chi connectivity index (χ4n) is 3.28. The monoisotopic (exact) mass is 275 g/mol. The minimum atomic E-state index is 0.375. The first-order valence-corrected chi connectivity index (χ1v) is 8.09. The molecule has 1 aromatic heterocycles. The van der Waals surface area contributed by atoms with E-state index in [0.717, 1.165) is 5.92 Å². The molecule has 2 rings (SSSR count). The molecule has 2 heterocycles. The Hall–Kier alpha value is -0.930. The standard InChI is InChI=1S/C17H29N3/c1-4-10-20-11-6-8-17(13-20)15(3)19-14(2)16-7-5-9-18-12-16/h5,7,9,12,14-15,17,19H,4,6,8,10-11,13H2,1-3H3/t14-,15?,17?/m0/s1. The van der Waals surface area contributed by atoms with Crippen LogP contribution in [0.15, 0.2) is 24.5 Å².